The molecule has 1 aliphatic rings. The molecule has 7 nitrogen and oxygen atoms in total. The fraction of sp³-hybridized carbons (Fsp3) is 0.267. The molecule has 8 heteroatoms. The maximum Gasteiger partial charge on any atom is 0.295 e. The second-order valence-corrected chi connectivity index (χ2v) is 9.46. The number of carbonyl (C=O) groups excluding carboxylic acids is 2. The fourth-order valence-corrected chi connectivity index (χ4v) is 4.65. The van der Waals surface area contributed by atoms with Crippen molar-refractivity contribution in [2.45, 2.75) is 39.5 Å². The van der Waals surface area contributed by atoms with Crippen LogP contribution in [-0.4, -0.2) is 41.5 Å². The van der Waals surface area contributed by atoms with Gasteiger partial charge in [0.05, 0.1) is 43.0 Å². The summed E-state index contributed by atoms with van der Waals surface area (Å²) >= 11 is 6.23. The molecule has 1 N–H and O–H groups in total. The van der Waals surface area contributed by atoms with E-state index >= 15 is 0 Å². The summed E-state index contributed by atoms with van der Waals surface area (Å²) in [6, 6.07) is 18.3. The van der Waals surface area contributed by atoms with Crippen LogP contribution in [0.2, 0.25) is 5.02 Å². The quantitative estimate of drug-likeness (QED) is 0.201. The number of ketones is 1. The van der Waals surface area contributed by atoms with E-state index in [0.717, 1.165) is 5.56 Å². The number of halogens is 1. The number of hydrogen-bond acceptors (Lipinski definition) is 6. The molecule has 3 aromatic carbocycles. The highest BCUT2D eigenvalue weighted by molar-refractivity contribution is 6.46. The Kier molecular flexibility index (Phi) is 8.27. The third-order valence-electron chi connectivity index (χ3n) is 6.15. The maximum atomic E-state index is 13.4. The molecule has 38 heavy (non-hydrogen) atoms. The van der Waals surface area contributed by atoms with E-state index in [-0.39, 0.29) is 24.0 Å². The summed E-state index contributed by atoms with van der Waals surface area (Å²) in [4.78, 5) is 28.3. The van der Waals surface area contributed by atoms with Gasteiger partial charge in [-0.2, -0.15) is 0 Å². The molecule has 1 aliphatic heterocycles. The van der Waals surface area contributed by atoms with Crippen LogP contribution in [0, 0.1) is 0 Å². The average Bonchev–Trinajstić information content (AvgIpc) is 3.15. The maximum absolute atomic E-state index is 13.4. The summed E-state index contributed by atoms with van der Waals surface area (Å²) in [5.41, 5.74) is 1.67. The minimum absolute atomic E-state index is 0.0125. The van der Waals surface area contributed by atoms with Crippen molar-refractivity contribution in [2.24, 2.45) is 0 Å². The number of nitrogens with zero attached hydrogens (tertiary/aromatic N) is 1. The smallest absolute Gasteiger partial charge is 0.295 e. The Morgan fingerprint density at radius 3 is 2.39 bits per heavy atom. The summed E-state index contributed by atoms with van der Waals surface area (Å²) in [5, 5.41) is 11.8. The predicted octanol–water partition coefficient (Wildman–Crippen LogP) is 6.16. The van der Waals surface area contributed by atoms with Gasteiger partial charge in [0, 0.05) is 11.1 Å². The number of hydrogen-bond donors (Lipinski definition) is 1. The molecule has 3 aromatic rings. The average molecular weight is 536 g/mol. The number of likely N-dealkylation sites (tertiary alicyclic amines) is 1. The molecule has 1 fully saturated rings. The van der Waals surface area contributed by atoms with E-state index in [1.807, 2.05) is 39.0 Å². The highest BCUT2D eigenvalue weighted by Gasteiger charge is 2.46. The van der Waals surface area contributed by atoms with E-state index in [1.54, 1.807) is 55.6 Å². The van der Waals surface area contributed by atoms with Crippen molar-refractivity contribution in [1.29, 1.82) is 0 Å². The number of carbonyl (C=O) groups is 2. The molecule has 0 spiro atoms. The molecule has 0 aliphatic carbocycles. The lowest BCUT2D eigenvalue weighted by atomic mass is 9.95. The molecular formula is C30H30ClNO6. The predicted molar refractivity (Wildman–Crippen MR) is 146 cm³/mol. The Balaban J connectivity index is 1.85. The molecule has 1 saturated heterocycles. The number of ether oxygens (including phenoxy) is 3. The number of benzene rings is 3. The van der Waals surface area contributed by atoms with Crippen molar-refractivity contribution >= 4 is 29.1 Å². The van der Waals surface area contributed by atoms with Crippen LogP contribution in [0.5, 0.6) is 17.2 Å². The number of aliphatic hydroxyl groups excluding tert-OH is 1. The Morgan fingerprint density at radius 1 is 1.03 bits per heavy atom. The van der Waals surface area contributed by atoms with Crippen LogP contribution < -0.4 is 14.2 Å². The van der Waals surface area contributed by atoms with Gasteiger partial charge < -0.3 is 24.2 Å². The fourth-order valence-electron chi connectivity index (χ4n) is 4.48. The molecule has 1 amide bonds. The number of para-hydroxylation sites is 1. The monoisotopic (exact) mass is 535 g/mol. The minimum atomic E-state index is -0.848. The molecule has 1 heterocycles. The van der Waals surface area contributed by atoms with Gasteiger partial charge in [-0.15, -0.1) is 0 Å². The SMILES string of the molecule is CCOc1cc(/C(O)=C2/C(=O)C(=O)N(Cc3ccccc3OC)C2c2ccc(OC(C)C)cc2)ccc1Cl. The Labute approximate surface area is 227 Å². The van der Waals surface area contributed by atoms with Crippen molar-refractivity contribution in [1.82, 2.24) is 4.90 Å². The van der Waals surface area contributed by atoms with E-state index < -0.39 is 17.7 Å². The normalized spacial score (nSPS) is 16.7. The molecule has 0 aromatic heterocycles. The van der Waals surface area contributed by atoms with Gasteiger partial charge in [0.15, 0.2) is 0 Å². The highest BCUT2D eigenvalue weighted by atomic mass is 35.5. The first-order valence-corrected chi connectivity index (χ1v) is 12.7. The molecule has 1 atom stereocenters. The van der Waals surface area contributed by atoms with Gasteiger partial charge in [-0.05, 0) is 62.7 Å². The highest BCUT2D eigenvalue weighted by Crippen LogP contribution is 2.42. The zero-order valence-electron chi connectivity index (χ0n) is 21.7. The van der Waals surface area contributed by atoms with Crippen molar-refractivity contribution in [3.05, 3.63) is 94.0 Å². The van der Waals surface area contributed by atoms with Gasteiger partial charge in [-0.25, -0.2) is 0 Å². The van der Waals surface area contributed by atoms with E-state index in [1.165, 1.54) is 4.90 Å². The van der Waals surface area contributed by atoms with Gasteiger partial charge >= 0.3 is 0 Å². The van der Waals surface area contributed by atoms with Crippen LogP contribution in [0.3, 0.4) is 0 Å². The van der Waals surface area contributed by atoms with Crippen LogP contribution in [0.4, 0.5) is 0 Å². The lowest BCUT2D eigenvalue weighted by molar-refractivity contribution is -0.140. The van der Waals surface area contributed by atoms with Crippen molar-refractivity contribution in [2.75, 3.05) is 13.7 Å². The first-order chi connectivity index (χ1) is 18.2. The Bertz CT molecular complexity index is 1370. The first kappa shape index (κ1) is 27.1. The molecule has 0 saturated carbocycles. The van der Waals surface area contributed by atoms with Gasteiger partial charge in [-0.3, -0.25) is 9.59 Å². The van der Waals surface area contributed by atoms with E-state index in [4.69, 9.17) is 25.8 Å². The van der Waals surface area contributed by atoms with E-state index in [9.17, 15) is 14.7 Å². The van der Waals surface area contributed by atoms with Crippen LogP contribution in [0.15, 0.2) is 72.3 Å². The molecule has 0 bridgehead atoms. The first-order valence-electron chi connectivity index (χ1n) is 12.3. The van der Waals surface area contributed by atoms with Crippen LogP contribution in [-0.2, 0) is 16.1 Å². The zero-order chi connectivity index (χ0) is 27.4. The van der Waals surface area contributed by atoms with Crippen molar-refractivity contribution < 1.29 is 28.9 Å². The van der Waals surface area contributed by atoms with Crippen LogP contribution in [0.25, 0.3) is 5.76 Å². The summed E-state index contributed by atoms with van der Waals surface area (Å²) < 4.78 is 16.8. The second kappa shape index (κ2) is 11.6. The Morgan fingerprint density at radius 2 is 1.74 bits per heavy atom. The second-order valence-electron chi connectivity index (χ2n) is 9.05. The number of methoxy groups -OCH3 is 1. The van der Waals surface area contributed by atoms with Crippen molar-refractivity contribution in [3.63, 3.8) is 0 Å². The van der Waals surface area contributed by atoms with E-state index in [0.29, 0.717) is 40.0 Å². The molecule has 0 radical (unpaired) electrons. The lowest BCUT2D eigenvalue weighted by Crippen LogP contribution is -2.29. The third kappa shape index (κ3) is 5.48. The third-order valence-corrected chi connectivity index (χ3v) is 6.46. The summed E-state index contributed by atoms with van der Waals surface area (Å²) in [7, 11) is 1.55. The van der Waals surface area contributed by atoms with Gasteiger partial charge in [0.2, 0.25) is 0 Å². The standard InChI is InChI=1S/C30H30ClNO6/c1-5-37-25-16-20(12-15-23(25)31)28(33)26-27(19-10-13-22(14-11-19)38-18(2)3)32(30(35)29(26)34)17-21-8-6-7-9-24(21)36-4/h6-16,18,27,33H,5,17H2,1-4H3/b28-26-. The zero-order valence-corrected chi connectivity index (χ0v) is 22.5. The number of Topliss-reactive ketones (excluding diaryl/α,β-unsaturated/α-hetero) is 1. The largest absolute Gasteiger partial charge is 0.507 e. The molecular weight excluding hydrogens is 506 g/mol. The lowest BCUT2D eigenvalue weighted by Gasteiger charge is -2.26. The Hall–Kier alpha value is -3.97. The minimum Gasteiger partial charge on any atom is -0.507 e. The number of aliphatic hydroxyl groups is 1. The molecule has 1 unspecified atom stereocenters. The number of amides is 1. The van der Waals surface area contributed by atoms with Crippen LogP contribution in [0.1, 0.15) is 43.5 Å². The summed E-state index contributed by atoms with van der Waals surface area (Å²) in [6.45, 7) is 6.15. The molecule has 4 rings (SSSR count). The number of rotatable bonds is 9. The molecule has 198 valence electrons. The van der Waals surface area contributed by atoms with Crippen LogP contribution >= 0.6 is 11.6 Å². The van der Waals surface area contributed by atoms with Gasteiger partial charge in [-0.1, -0.05) is 41.9 Å². The van der Waals surface area contributed by atoms with E-state index in [2.05, 4.69) is 0 Å². The topological polar surface area (TPSA) is 85.3 Å². The van der Waals surface area contributed by atoms with Gasteiger partial charge in [0.1, 0.15) is 23.0 Å². The summed E-state index contributed by atoms with van der Waals surface area (Å²) in [5.74, 6) is -0.191. The van der Waals surface area contributed by atoms with Crippen molar-refractivity contribution in [3.8, 4) is 17.2 Å². The summed E-state index contributed by atoms with van der Waals surface area (Å²) in [6.07, 6.45) is -0.0125. The van der Waals surface area contributed by atoms with Gasteiger partial charge in [0.25, 0.3) is 11.7 Å².